The normalized spacial score (nSPS) is 12.5. The van der Waals surface area contributed by atoms with E-state index < -0.39 is 27.9 Å². The van der Waals surface area contributed by atoms with Gasteiger partial charge in [0.2, 0.25) is 0 Å². The molecule has 0 aliphatic heterocycles. The van der Waals surface area contributed by atoms with Gasteiger partial charge in [-0.3, -0.25) is 4.72 Å². The van der Waals surface area contributed by atoms with Crippen LogP contribution in [0.15, 0.2) is 41.3 Å². The van der Waals surface area contributed by atoms with E-state index in [9.17, 15) is 22.7 Å². The summed E-state index contributed by atoms with van der Waals surface area (Å²) >= 11 is 0. The Bertz CT molecular complexity index is 941. The third-order valence-corrected chi connectivity index (χ3v) is 5.21. The van der Waals surface area contributed by atoms with Crippen LogP contribution in [0.3, 0.4) is 0 Å². The molecule has 0 heterocycles. The van der Waals surface area contributed by atoms with Gasteiger partial charge in [0.15, 0.2) is 0 Å². The van der Waals surface area contributed by atoms with E-state index in [1.165, 1.54) is 18.2 Å². The van der Waals surface area contributed by atoms with E-state index >= 15 is 0 Å². The van der Waals surface area contributed by atoms with E-state index in [2.05, 4.69) is 4.72 Å². The van der Waals surface area contributed by atoms with E-state index in [-0.39, 0.29) is 29.2 Å². The number of hydrogen-bond donors (Lipinski definition) is 2. The van der Waals surface area contributed by atoms with Crippen molar-refractivity contribution in [3.63, 3.8) is 0 Å². The van der Waals surface area contributed by atoms with E-state index in [1.54, 1.807) is 26.0 Å². The molecule has 1 unspecified atom stereocenters. The summed E-state index contributed by atoms with van der Waals surface area (Å²) in [5, 5.41) is 9.63. The number of esters is 1. The van der Waals surface area contributed by atoms with Crippen LogP contribution in [0.25, 0.3) is 0 Å². The first-order valence-electron chi connectivity index (χ1n) is 8.41. The van der Waals surface area contributed by atoms with Gasteiger partial charge in [-0.05, 0) is 57.0 Å². The average Bonchev–Trinajstić information content (AvgIpc) is 2.56. The second-order valence-corrected chi connectivity index (χ2v) is 7.84. The molecule has 2 rings (SSSR count). The fourth-order valence-electron chi connectivity index (χ4n) is 2.59. The summed E-state index contributed by atoms with van der Waals surface area (Å²) < 4.78 is 46.8. The number of aryl methyl sites for hydroxylation is 1. The molecule has 2 aromatic rings. The Labute approximate surface area is 158 Å². The van der Waals surface area contributed by atoms with Crippen molar-refractivity contribution < 1.29 is 27.4 Å². The summed E-state index contributed by atoms with van der Waals surface area (Å²) in [4.78, 5) is 11.6. The molecule has 8 heteroatoms. The number of aliphatic hydroxyl groups is 1. The Morgan fingerprint density at radius 2 is 1.96 bits per heavy atom. The lowest BCUT2D eigenvalue weighted by atomic mass is 10.1. The first-order chi connectivity index (χ1) is 12.6. The zero-order chi connectivity index (χ0) is 20.2. The number of nitrogens with one attached hydrogen (secondary N) is 1. The number of aliphatic hydroxyl groups excluding tert-OH is 1. The van der Waals surface area contributed by atoms with Crippen molar-refractivity contribution >= 4 is 21.7 Å². The van der Waals surface area contributed by atoms with Gasteiger partial charge in [-0.1, -0.05) is 17.7 Å². The maximum atomic E-state index is 14.3. The molecule has 6 nitrogen and oxygen atoms in total. The van der Waals surface area contributed by atoms with Crippen LogP contribution in [0.4, 0.5) is 10.1 Å². The van der Waals surface area contributed by atoms with Crippen LogP contribution in [0, 0.1) is 12.7 Å². The minimum Gasteiger partial charge on any atom is -0.462 e. The van der Waals surface area contributed by atoms with Gasteiger partial charge in [0, 0.05) is 0 Å². The highest BCUT2D eigenvalue weighted by molar-refractivity contribution is 7.92. The van der Waals surface area contributed by atoms with Crippen LogP contribution < -0.4 is 4.72 Å². The summed E-state index contributed by atoms with van der Waals surface area (Å²) in [6.07, 6.45) is -0.594. The maximum absolute atomic E-state index is 14.3. The Kier molecular flexibility index (Phi) is 6.56. The first-order valence-corrected chi connectivity index (χ1v) is 9.89. The van der Waals surface area contributed by atoms with Gasteiger partial charge in [-0.25, -0.2) is 17.6 Å². The molecule has 0 aliphatic rings. The minimum absolute atomic E-state index is 0.0116. The van der Waals surface area contributed by atoms with Gasteiger partial charge >= 0.3 is 5.97 Å². The molecule has 0 aliphatic carbocycles. The summed E-state index contributed by atoms with van der Waals surface area (Å²) in [6.45, 7) is 5.14. The van der Waals surface area contributed by atoms with Gasteiger partial charge in [0.25, 0.3) is 10.0 Å². The maximum Gasteiger partial charge on any atom is 0.338 e. The molecule has 2 N–H and O–H groups in total. The Balaban J connectivity index is 2.36. The van der Waals surface area contributed by atoms with E-state index in [0.717, 1.165) is 11.6 Å². The second-order valence-electron chi connectivity index (χ2n) is 6.18. The molecule has 0 fully saturated rings. The standard InChI is InChI=1S/C19H22FNO5S/c1-4-26-19(23)14-6-7-17(16(20)11-14)21-27(24,25)18-8-5-12(2)9-15(18)10-13(3)22/h5-9,11,13,21-22H,4,10H2,1-3H3. The molecular weight excluding hydrogens is 373 g/mol. The predicted molar refractivity (Wildman–Crippen MR) is 99.7 cm³/mol. The number of carbonyl (C=O) groups is 1. The van der Waals surface area contributed by atoms with E-state index in [0.29, 0.717) is 5.56 Å². The zero-order valence-electron chi connectivity index (χ0n) is 15.3. The highest BCUT2D eigenvalue weighted by Crippen LogP contribution is 2.24. The fourth-order valence-corrected chi connectivity index (χ4v) is 3.89. The molecule has 0 amide bonds. The molecule has 146 valence electrons. The van der Waals surface area contributed by atoms with Crippen molar-refractivity contribution in [1.82, 2.24) is 0 Å². The molecule has 0 radical (unpaired) electrons. The summed E-state index contributed by atoms with van der Waals surface area (Å²) in [6, 6.07) is 8.08. The van der Waals surface area contributed by atoms with Crippen LogP contribution in [0.5, 0.6) is 0 Å². The van der Waals surface area contributed by atoms with Crippen molar-refractivity contribution in [3.8, 4) is 0 Å². The first kappa shape index (κ1) is 20.9. The number of ether oxygens (including phenoxy) is 1. The number of halogens is 1. The smallest absolute Gasteiger partial charge is 0.338 e. The van der Waals surface area contributed by atoms with Crippen molar-refractivity contribution in [2.24, 2.45) is 0 Å². The lowest BCUT2D eigenvalue weighted by molar-refractivity contribution is 0.0526. The quantitative estimate of drug-likeness (QED) is 0.703. The molecular formula is C19H22FNO5S. The molecule has 0 bridgehead atoms. The summed E-state index contributed by atoms with van der Waals surface area (Å²) in [5.41, 5.74) is 0.977. The van der Waals surface area contributed by atoms with Gasteiger partial charge in [-0.2, -0.15) is 0 Å². The topological polar surface area (TPSA) is 92.7 Å². The van der Waals surface area contributed by atoms with Crippen LogP contribution in [-0.2, 0) is 21.2 Å². The lowest BCUT2D eigenvalue weighted by Gasteiger charge is -2.15. The van der Waals surface area contributed by atoms with Gasteiger partial charge in [-0.15, -0.1) is 0 Å². The van der Waals surface area contributed by atoms with Crippen molar-refractivity contribution in [2.75, 3.05) is 11.3 Å². The molecule has 1 atom stereocenters. The lowest BCUT2D eigenvalue weighted by Crippen LogP contribution is -2.18. The highest BCUT2D eigenvalue weighted by Gasteiger charge is 2.21. The van der Waals surface area contributed by atoms with Crippen molar-refractivity contribution in [1.29, 1.82) is 0 Å². The Hall–Kier alpha value is -2.45. The fraction of sp³-hybridized carbons (Fsp3) is 0.316. The number of carbonyl (C=O) groups excluding carboxylic acids is 1. The predicted octanol–water partition coefficient (Wildman–Crippen LogP) is 3.03. The number of anilines is 1. The number of hydrogen-bond acceptors (Lipinski definition) is 5. The molecule has 27 heavy (non-hydrogen) atoms. The van der Waals surface area contributed by atoms with Gasteiger partial charge in [0.1, 0.15) is 5.82 Å². The highest BCUT2D eigenvalue weighted by atomic mass is 32.2. The van der Waals surface area contributed by atoms with E-state index in [4.69, 9.17) is 4.74 Å². The second kappa shape index (κ2) is 8.49. The summed E-state index contributed by atoms with van der Waals surface area (Å²) in [5.74, 6) is -1.59. The summed E-state index contributed by atoms with van der Waals surface area (Å²) in [7, 11) is -4.09. The van der Waals surface area contributed by atoms with Gasteiger partial charge < -0.3 is 9.84 Å². The molecule has 0 saturated heterocycles. The Morgan fingerprint density at radius 3 is 2.56 bits per heavy atom. The SMILES string of the molecule is CCOC(=O)c1ccc(NS(=O)(=O)c2ccc(C)cc2CC(C)O)c(F)c1. The third-order valence-electron chi connectivity index (χ3n) is 3.75. The third kappa shape index (κ3) is 5.27. The van der Waals surface area contributed by atoms with Crippen molar-refractivity contribution in [2.45, 2.75) is 38.2 Å². The Morgan fingerprint density at radius 1 is 1.26 bits per heavy atom. The van der Waals surface area contributed by atoms with Crippen LogP contribution >= 0.6 is 0 Å². The minimum atomic E-state index is -4.09. The average molecular weight is 395 g/mol. The van der Waals surface area contributed by atoms with Crippen LogP contribution in [0.2, 0.25) is 0 Å². The van der Waals surface area contributed by atoms with E-state index in [1.807, 2.05) is 6.92 Å². The van der Waals surface area contributed by atoms with Crippen molar-refractivity contribution in [3.05, 3.63) is 58.9 Å². The van der Waals surface area contributed by atoms with Crippen LogP contribution in [-0.4, -0.2) is 32.2 Å². The van der Waals surface area contributed by atoms with Gasteiger partial charge in [0.05, 0.1) is 28.9 Å². The van der Waals surface area contributed by atoms with Crippen LogP contribution in [0.1, 0.15) is 35.3 Å². The molecule has 0 spiro atoms. The largest absolute Gasteiger partial charge is 0.462 e. The molecule has 2 aromatic carbocycles. The number of benzene rings is 2. The number of sulfonamides is 1. The zero-order valence-corrected chi connectivity index (χ0v) is 16.1. The monoisotopic (exact) mass is 395 g/mol. The number of rotatable bonds is 7. The molecule has 0 aromatic heterocycles. The molecule has 0 saturated carbocycles.